The maximum absolute atomic E-state index is 13.8. The molecule has 1 saturated carbocycles. The third kappa shape index (κ3) is 3.03. The minimum absolute atomic E-state index is 0.0847. The Bertz CT molecular complexity index is 348. The fraction of sp³-hybridized carbons (Fsp3) is 0.643. The minimum Gasteiger partial charge on any atom is -0.309 e. The van der Waals surface area contributed by atoms with Gasteiger partial charge in [0.1, 0.15) is 5.82 Å². The highest BCUT2D eigenvalue weighted by molar-refractivity contribution is 5.13. The molecule has 0 amide bonds. The highest BCUT2D eigenvalue weighted by atomic mass is 19.1. The van der Waals surface area contributed by atoms with Crippen LogP contribution in [0, 0.1) is 11.7 Å². The Kier molecular flexibility index (Phi) is 4.49. The molecular weight excluding hydrogens is 215 g/mol. The average Bonchev–Trinajstić information content (AvgIpc) is 2.38. The molecule has 94 valence electrons. The van der Waals surface area contributed by atoms with E-state index in [1.807, 2.05) is 0 Å². The molecule has 1 aromatic rings. The Morgan fingerprint density at radius 3 is 2.82 bits per heavy atom. The van der Waals surface area contributed by atoms with Crippen LogP contribution in [0.5, 0.6) is 0 Å². The highest BCUT2D eigenvalue weighted by Gasteiger charge is 2.27. The number of nitrogens with zero attached hydrogens (tertiary/aromatic N) is 1. The van der Waals surface area contributed by atoms with E-state index in [1.54, 1.807) is 12.3 Å². The van der Waals surface area contributed by atoms with Gasteiger partial charge in [-0.1, -0.05) is 26.2 Å². The fourth-order valence-corrected chi connectivity index (χ4v) is 2.80. The molecule has 2 rings (SSSR count). The van der Waals surface area contributed by atoms with Crippen molar-refractivity contribution in [1.29, 1.82) is 0 Å². The number of halogens is 1. The van der Waals surface area contributed by atoms with E-state index in [0.29, 0.717) is 11.6 Å². The fourth-order valence-electron chi connectivity index (χ4n) is 2.80. The molecule has 0 aliphatic heterocycles. The van der Waals surface area contributed by atoms with E-state index in [1.165, 1.54) is 38.2 Å². The van der Waals surface area contributed by atoms with E-state index in [-0.39, 0.29) is 11.9 Å². The summed E-state index contributed by atoms with van der Waals surface area (Å²) >= 11 is 0. The second kappa shape index (κ2) is 6.10. The summed E-state index contributed by atoms with van der Waals surface area (Å²) in [6, 6.07) is 3.25. The van der Waals surface area contributed by atoms with Crippen molar-refractivity contribution >= 4 is 0 Å². The molecule has 0 aromatic carbocycles. The molecule has 0 spiro atoms. The zero-order valence-electron chi connectivity index (χ0n) is 10.5. The van der Waals surface area contributed by atoms with E-state index in [9.17, 15) is 4.39 Å². The Balaban J connectivity index is 2.18. The molecule has 1 fully saturated rings. The molecule has 1 aliphatic carbocycles. The van der Waals surface area contributed by atoms with E-state index in [2.05, 4.69) is 17.2 Å². The molecule has 3 heteroatoms. The third-order valence-corrected chi connectivity index (χ3v) is 3.63. The number of aromatic nitrogens is 1. The van der Waals surface area contributed by atoms with Crippen LogP contribution >= 0.6 is 0 Å². The monoisotopic (exact) mass is 236 g/mol. The Hall–Kier alpha value is -0.960. The van der Waals surface area contributed by atoms with Gasteiger partial charge in [0, 0.05) is 6.20 Å². The second-order valence-electron chi connectivity index (χ2n) is 4.80. The van der Waals surface area contributed by atoms with Crippen molar-refractivity contribution in [3.05, 3.63) is 29.8 Å². The summed E-state index contributed by atoms with van der Waals surface area (Å²) in [5.74, 6) is 0.358. The first-order chi connectivity index (χ1) is 8.33. The molecule has 0 bridgehead atoms. The number of pyridine rings is 1. The summed E-state index contributed by atoms with van der Waals surface area (Å²) in [5.41, 5.74) is 0.598. The van der Waals surface area contributed by atoms with Crippen LogP contribution in [-0.2, 0) is 0 Å². The Labute approximate surface area is 103 Å². The first-order valence-electron chi connectivity index (χ1n) is 6.66. The molecule has 1 aliphatic rings. The normalized spacial score (nSPS) is 19.2. The minimum atomic E-state index is -0.177. The van der Waals surface area contributed by atoms with Gasteiger partial charge in [-0.15, -0.1) is 0 Å². The predicted octanol–water partition coefficient (Wildman–Crippen LogP) is 3.45. The first kappa shape index (κ1) is 12.5. The lowest BCUT2D eigenvalue weighted by Crippen LogP contribution is -2.31. The van der Waals surface area contributed by atoms with Crippen molar-refractivity contribution in [3.63, 3.8) is 0 Å². The summed E-state index contributed by atoms with van der Waals surface area (Å²) in [6.45, 7) is 2.92. The SMILES string of the molecule is CCNC(c1ncccc1F)C1CCCCC1. The summed E-state index contributed by atoms with van der Waals surface area (Å²) in [5, 5.41) is 3.41. The summed E-state index contributed by atoms with van der Waals surface area (Å²) in [7, 11) is 0. The van der Waals surface area contributed by atoms with Gasteiger partial charge >= 0.3 is 0 Å². The summed E-state index contributed by atoms with van der Waals surface area (Å²) < 4.78 is 13.8. The third-order valence-electron chi connectivity index (χ3n) is 3.63. The van der Waals surface area contributed by atoms with Gasteiger partial charge in [0.05, 0.1) is 11.7 Å². The molecule has 1 unspecified atom stereocenters. The van der Waals surface area contributed by atoms with Gasteiger partial charge in [-0.3, -0.25) is 4.98 Å². The Morgan fingerprint density at radius 2 is 2.18 bits per heavy atom. The molecule has 2 nitrogen and oxygen atoms in total. The number of hydrogen-bond donors (Lipinski definition) is 1. The van der Waals surface area contributed by atoms with E-state index < -0.39 is 0 Å². The summed E-state index contributed by atoms with van der Waals surface area (Å²) in [4.78, 5) is 4.23. The zero-order valence-corrected chi connectivity index (χ0v) is 10.5. The van der Waals surface area contributed by atoms with Gasteiger partial charge in [0.15, 0.2) is 0 Å². The highest BCUT2D eigenvalue weighted by Crippen LogP contribution is 2.34. The molecule has 0 saturated heterocycles. The molecule has 1 atom stereocenters. The van der Waals surface area contributed by atoms with Crippen LogP contribution in [0.25, 0.3) is 0 Å². The molecule has 17 heavy (non-hydrogen) atoms. The molecule has 1 N–H and O–H groups in total. The largest absolute Gasteiger partial charge is 0.309 e. The lowest BCUT2D eigenvalue weighted by atomic mass is 9.82. The lowest BCUT2D eigenvalue weighted by molar-refractivity contribution is 0.265. The van der Waals surface area contributed by atoms with Crippen LogP contribution in [0.2, 0.25) is 0 Å². The van der Waals surface area contributed by atoms with Crippen molar-refractivity contribution in [2.24, 2.45) is 5.92 Å². The van der Waals surface area contributed by atoms with Gasteiger partial charge in [-0.05, 0) is 37.4 Å². The van der Waals surface area contributed by atoms with Crippen LogP contribution in [0.4, 0.5) is 4.39 Å². The van der Waals surface area contributed by atoms with Crippen molar-refractivity contribution in [3.8, 4) is 0 Å². The average molecular weight is 236 g/mol. The van der Waals surface area contributed by atoms with E-state index >= 15 is 0 Å². The van der Waals surface area contributed by atoms with Gasteiger partial charge in [-0.2, -0.15) is 0 Å². The topological polar surface area (TPSA) is 24.9 Å². The van der Waals surface area contributed by atoms with Crippen LogP contribution in [0.3, 0.4) is 0 Å². The van der Waals surface area contributed by atoms with Gasteiger partial charge in [0.2, 0.25) is 0 Å². The van der Waals surface area contributed by atoms with Crippen LogP contribution in [0.15, 0.2) is 18.3 Å². The zero-order chi connectivity index (χ0) is 12.1. The lowest BCUT2D eigenvalue weighted by Gasteiger charge is -2.30. The van der Waals surface area contributed by atoms with Crippen molar-refractivity contribution in [2.75, 3.05) is 6.54 Å². The molecule has 1 heterocycles. The smallest absolute Gasteiger partial charge is 0.146 e. The quantitative estimate of drug-likeness (QED) is 0.866. The first-order valence-corrected chi connectivity index (χ1v) is 6.66. The maximum atomic E-state index is 13.8. The number of rotatable bonds is 4. The van der Waals surface area contributed by atoms with Crippen molar-refractivity contribution < 1.29 is 4.39 Å². The van der Waals surface area contributed by atoms with E-state index in [0.717, 1.165) is 6.54 Å². The van der Waals surface area contributed by atoms with Gasteiger partial charge < -0.3 is 5.32 Å². The van der Waals surface area contributed by atoms with Crippen LogP contribution < -0.4 is 5.32 Å². The predicted molar refractivity (Wildman–Crippen MR) is 67.2 cm³/mol. The number of hydrogen-bond acceptors (Lipinski definition) is 2. The molecular formula is C14H21FN2. The molecule has 0 radical (unpaired) electrons. The van der Waals surface area contributed by atoms with Crippen molar-refractivity contribution in [2.45, 2.75) is 45.1 Å². The molecule has 1 aromatic heterocycles. The standard InChI is InChI=1S/C14H21FN2/c1-2-16-13(11-7-4-3-5-8-11)14-12(15)9-6-10-17-14/h6,9-11,13,16H,2-5,7-8H2,1H3. The summed E-state index contributed by atoms with van der Waals surface area (Å²) in [6.07, 6.45) is 7.91. The van der Waals surface area contributed by atoms with Crippen LogP contribution in [0.1, 0.15) is 50.8 Å². The second-order valence-corrected chi connectivity index (χ2v) is 4.80. The maximum Gasteiger partial charge on any atom is 0.146 e. The van der Waals surface area contributed by atoms with Gasteiger partial charge in [0.25, 0.3) is 0 Å². The van der Waals surface area contributed by atoms with E-state index in [4.69, 9.17) is 0 Å². The van der Waals surface area contributed by atoms with Crippen molar-refractivity contribution in [1.82, 2.24) is 10.3 Å². The van der Waals surface area contributed by atoms with Gasteiger partial charge in [-0.25, -0.2) is 4.39 Å². The number of nitrogens with one attached hydrogen (secondary N) is 1. The Morgan fingerprint density at radius 1 is 1.41 bits per heavy atom. The van der Waals surface area contributed by atoms with Crippen LogP contribution in [-0.4, -0.2) is 11.5 Å².